The average Bonchev–Trinajstić information content (AvgIpc) is 2.57. The van der Waals surface area contributed by atoms with Gasteiger partial charge in [-0.25, -0.2) is 0 Å². The first-order chi connectivity index (χ1) is 10.9. The molecule has 126 valence electrons. The van der Waals surface area contributed by atoms with Crippen molar-refractivity contribution in [1.29, 1.82) is 0 Å². The van der Waals surface area contributed by atoms with E-state index in [1.807, 2.05) is 0 Å². The predicted molar refractivity (Wildman–Crippen MR) is 101 cm³/mol. The van der Waals surface area contributed by atoms with Crippen molar-refractivity contribution in [2.24, 2.45) is 0 Å². The lowest BCUT2D eigenvalue weighted by Crippen LogP contribution is -1.99. The van der Waals surface area contributed by atoms with Gasteiger partial charge in [0.25, 0.3) is 0 Å². The molecule has 1 rings (SSSR count). The first-order valence-corrected chi connectivity index (χ1v) is 9.93. The summed E-state index contributed by atoms with van der Waals surface area (Å²) in [4.78, 5) is 0. The van der Waals surface area contributed by atoms with Crippen LogP contribution in [0.25, 0.3) is 0 Å². The highest BCUT2D eigenvalue weighted by Crippen LogP contribution is 2.28. The zero-order chi connectivity index (χ0) is 15.9. The molecule has 0 aliphatic rings. The van der Waals surface area contributed by atoms with Gasteiger partial charge in [-0.15, -0.1) is 0 Å². The minimum atomic E-state index is 0.797. The highest BCUT2D eigenvalue weighted by Gasteiger charge is 2.10. The summed E-state index contributed by atoms with van der Waals surface area (Å²) >= 11 is 0. The third-order valence-electron chi connectivity index (χ3n) is 4.83. The van der Waals surface area contributed by atoms with Crippen molar-refractivity contribution in [3.8, 4) is 0 Å². The van der Waals surface area contributed by atoms with Gasteiger partial charge in [0.1, 0.15) is 0 Å². The molecule has 0 fully saturated rings. The standard InChI is InChI=1S/C22H38/c1-3-5-7-8-9-10-11-12-14-18-21(17-6-4-2)22-19-15-13-16-20-22/h13,15-16,19-21H,3-12,14,17-18H2,1-2H3. The van der Waals surface area contributed by atoms with Gasteiger partial charge in [0, 0.05) is 0 Å². The molecule has 0 saturated carbocycles. The van der Waals surface area contributed by atoms with Crippen LogP contribution < -0.4 is 0 Å². The molecule has 22 heavy (non-hydrogen) atoms. The highest BCUT2D eigenvalue weighted by molar-refractivity contribution is 5.19. The predicted octanol–water partition coefficient (Wildman–Crippen LogP) is 7.88. The van der Waals surface area contributed by atoms with Gasteiger partial charge in [0.2, 0.25) is 0 Å². The maximum Gasteiger partial charge on any atom is -0.0162 e. The van der Waals surface area contributed by atoms with Crippen molar-refractivity contribution in [2.75, 3.05) is 0 Å². The van der Waals surface area contributed by atoms with Crippen molar-refractivity contribution in [3.63, 3.8) is 0 Å². The minimum Gasteiger partial charge on any atom is -0.0654 e. The molecule has 1 atom stereocenters. The van der Waals surface area contributed by atoms with Crippen molar-refractivity contribution in [2.45, 2.75) is 103 Å². The molecule has 1 aromatic rings. The van der Waals surface area contributed by atoms with E-state index in [1.54, 1.807) is 5.56 Å². The van der Waals surface area contributed by atoms with Crippen LogP contribution in [0.5, 0.6) is 0 Å². The Morgan fingerprint density at radius 3 is 1.68 bits per heavy atom. The lowest BCUT2D eigenvalue weighted by molar-refractivity contribution is 0.497. The van der Waals surface area contributed by atoms with Crippen LogP contribution in [-0.4, -0.2) is 0 Å². The Hall–Kier alpha value is -0.780. The molecule has 0 amide bonds. The summed E-state index contributed by atoms with van der Waals surface area (Å²) in [5.74, 6) is 0.797. The second-order valence-corrected chi connectivity index (χ2v) is 6.87. The Morgan fingerprint density at radius 1 is 0.591 bits per heavy atom. The first kappa shape index (κ1) is 19.3. The molecule has 0 aliphatic heterocycles. The third kappa shape index (κ3) is 9.28. The largest absolute Gasteiger partial charge is 0.0654 e. The van der Waals surface area contributed by atoms with E-state index in [1.165, 1.54) is 83.5 Å². The lowest BCUT2D eigenvalue weighted by atomic mass is 9.88. The van der Waals surface area contributed by atoms with Gasteiger partial charge in [0.05, 0.1) is 0 Å². The molecule has 0 aliphatic carbocycles. The van der Waals surface area contributed by atoms with E-state index < -0.39 is 0 Å². The number of benzene rings is 1. The SMILES string of the molecule is CCCCCCCCCCCC(CCCC)c1ccccc1. The monoisotopic (exact) mass is 302 g/mol. The van der Waals surface area contributed by atoms with Crippen LogP contribution in [0.1, 0.15) is 109 Å². The van der Waals surface area contributed by atoms with Crippen LogP contribution in [-0.2, 0) is 0 Å². The van der Waals surface area contributed by atoms with E-state index in [2.05, 4.69) is 44.2 Å². The van der Waals surface area contributed by atoms with E-state index in [0.717, 1.165) is 5.92 Å². The lowest BCUT2D eigenvalue weighted by Gasteiger charge is -2.17. The van der Waals surface area contributed by atoms with Gasteiger partial charge >= 0.3 is 0 Å². The summed E-state index contributed by atoms with van der Waals surface area (Å²) in [5.41, 5.74) is 1.57. The second kappa shape index (κ2) is 13.9. The van der Waals surface area contributed by atoms with E-state index in [9.17, 15) is 0 Å². The van der Waals surface area contributed by atoms with Crippen LogP contribution in [0.3, 0.4) is 0 Å². The molecule has 0 spiro atoms. The second-order valence-electron chi connectivity index (χ2n) is 6.87. The quantitative estimate of drug-likeness (QED) is 0.306. The Labute approximate surface area is 139 Å². The van der Waals surface area contributed by atoms with E-state index in [4.69, 9.17) is 0 Å². The van der Waals surface area contributed by atoms with E-state index in [0.29, 0.717) is 0 Å². The van der Waals surface area contributed by atoms with Gasteiger partial charge in [-0.2, -0.15) is 0 Å². The van der Waals surface area contributed by atoms with Crippen LogP contribution >= 0.6 is 0 Å². The fourth-order valence-electron chi connectivity index (χ4n) is 3.35. The number of rotatable bonds is 14. The molecular weight excluding hydrogens is 264 g/mol. The number of hydrogen-bond donors (Lipinski definition) is 0. The fourth-order valence-corrected chi connectivity index (χ4v) is 3.35. The number of hydrogen-bond acceptors (Lipinski definition) is 0. The van der Waals surface area contributed by atoms with E-state index in [-0.39, 0.29) is 0 Å². The average molecular weight is 303 g/mol. The summed E-state index contributed by atoms with van der Waals surface area (Å²) in [6.45, 7) is 4.60. The maximum absolute atomic E-state index is 2.33. The molecule has 0 aromatic heterocycles. The van der Waals surface area contributed by atoms with Gasteiger partial charge in [-0.3, -0.25) is 0 Å². The van der Waals surface area contributed by atoms with Crippen molar-refractivity contribution >= 4 is 0 Å². The maximum atomic E-state index is 2.33. The summed E-state index contributed by atoms with van der Waals surface area (Å²) in [5, 5.41) is 0. The van der Waals surface area contributed by atoms with Crippen molar-refractivity contribution < 1.29 is 0 Å². The topological polar surface area (TPSA) is 0 Å². The molecule has 0 N–H and O–H groups in total. The molecule has 0 saturated heterocycles. The summed E-state index contributed by atoms with van der Waals surface area (Å²) in [6.07, 6.45) is 18.3. The Kier molecular flexibility index (Phi) is 12.1. The summed E-state index contributed by atoms with van der Waals surface area (Å²) < 4.78 is 0. The number of unbranched alkanes of at least 4 members (excludes halogenated alkanes) is 9. The van der Waals surface area contributed by atoms with Crippen LogP contribution in [0.15, 0.2) is 30.3 Å². The first-order valence-electron chi connectivity index (χ1n) is 9.93. The van der Waals surface area contributed by atoms with E-state index >= 15 is 0 Å². The van der Waals surface area contributed by atoms with Gasteiger partial charge in [-0.1, -0.05) is 115 Å². The third-order valence-corrected chi connectivity index (χ3v) is 4.83. The van der Waals surface area contributed by atoms with Gasteiger partial charge in [-0.05, 0) is 24.3 Å². The summed E-state index contributed by atoms with van der Waals surface area (Å²) in [7, 11) is 0. The smallest absolute Gasteiger partial charge is 0.0162 e. The molecule has 0 nitrogen and oxygen atoms in total. The summed E-state index contributed by atoms with van der Waals surface area (Å²) in [6, 6.07) is 11.2. The molecule has 0 radical (unpaired) electrons. The Morgan fingerprint density at radius 2 is 1.09 bits per heavy atom. The zero-order valence-electron chi connectivity index (χ0n) is 15.2. The van der Waals surface area contributed by atoms with Crippen LogP contribution in [0.4, 0.5) is 0 Å². The Balaban J connectivity index is 2.13. The Bertz CT molecular complexity index is 327. The minimum absolute atomic E-state index is 0.797. The normalized spacial score (nSPS) is 12.5. The van der Waals surface area contributed by atoms with Gasteiger partial charge < -0.3 is 0 Å². The molecule has 1 unspecified atom stereocenters. The highest BCUT2D eigenvalue weighted by atomic mass is 14.1. The molecule has 1 aromatic carbocycles. The molecule has 0 heteroatoms. The fraction of sp³-hybridized carbons (Fsp3) is 0.727. The molecule has 0 bridgehead atoms. The van der Waals surface area contributed by atoms with Crippen LogP contribution in [0, 0.1) is 0 Å². The zero-order valence-corrected chi connectivity index (χ0v) is 15.2. The van der Waals surface area contributed by atoms with Gasteiger partial charge in [0.15, 0.2) is 0 Å². The molecular formula is C22H38. The van der Waals surface area contributed by atoms with Crippen molar-refractivity contribution in [3.05, 3.63) is 35.9 Å². The molecule has 0 heterocycles. The van der Waals surface area contributed by atoms with Crippen molar-refractivity contribution in [1.82, 2.24) is 0 Å². The van der Waals surface area contributed by atoms with Crippen LogP contribution in [0.2, 0.25) is 0 Å².